The molecule has 2 aromatic heterocycles. The van der Waals surface area contributed by atoms with E-state index in [1.165, 1.54) is 6.33 Å². The predicted molar refractivity (Wildman–Crippen MR) is 109 cm³/mol. The topological polar surface area (TPSA) is 137 Å². The molecule has 1 aliphatic heterocycles. The summed E-state index contributed by atoms with van der Waals surface area (Å²) < 4.78 is 14.8. The summed E-state index contributed by atoms with van der Waals surface area (Å²) in [6, 6.07) is -0.439. The van der Waals surface area contributed by atoms with Crippen molar-refractivity contribution in [1.82, 2.24) is 19.5 Å². The summed E-state index contributed by atoms with van der Waals surface area (Å²) in [5.74, 6) is 0.308. The molecule has 2 aromatic rings. The number of ether oxygens (including phenoxy) is 1. The first-order valence-corrected chi connectivity index (χ1v) is 12.3. The Bertz CT molecular complexity index is 902. The van der Waals surface area contributed by atoms with Crippen LogP contribution in [0.15, 0.2) is 17.8 Å². The molecule has 28 heavy (non-hydrogen) atoms. The third-order valence-corrected chi connectivity index (χ3v) is 10.3. The van der Waals surface area contributed by atoms with Crippen molar-refractivity contribution < 1.29 is 9.16 Å². The molecule has 3 rings (SSSR count). The Labute approximate surface area is 165 Å². The molecule has 11 heteroatoms. The van der Waals surface area contributed by atoms with Gasteiger partial charge in [-0.05, 0) is 30.1 Å². The van der Waals surface area contributed by atoms with Crippen molar-refractivity contribution in [3.8, 4) is 0 Å². The number of aromatic nitrogens is 4. The van der Waals surface area contributed by atoms with Crippen LogP contribution in [0.25, 0.3) is 21.6 Å². The van der Waals surface area contributed by atoms with Crippen LogP contribution in [0.2, 0.25) is 18.1 Å². The average molecular weight is 405 g/mol. The van der Waals surface area contributed by atoms with Gasteiger partial charge in [-0.1, -0.05) is 32.8 Å². The highest BCUT2D eigenvalue weighted by Gasteiger charge is 2.50. The number of hydrogen-bond acceptors (Lipinski definition) is 7. The van der Waals surface area contributed by atoms with Gasteiger partial charge < -0.3 is 14.9 Å². The van der Waals surface area contributed by atoms with Gasteiger partial charge in [0.25, 0.3) is 0 Å². The molecule has 1 unspecified atom stereocenters. The third kappa shape index (κ3) is 3.46. The summed E-state index contributed by atoms with van der Waals surface area (Å²) in [5, 5.41) is 4.04. The van der Waals surface area contributed by atoms with Crippen LogP contribution in [-0.2, 0) is 9.16 Å². The van der Waals surface area contributed by atoms with Crippen molar-refractivity contribution >= 4 is 25.3 Å². The zero-order valence-electron chi connectivity index (χ0n) is 17.2. The van der Waals surface area contributed by atoms with Crippen LogP contribution in [-0.4, -0.2) is 46.1 Å². The summed E-state index contributed by atoms with van der Waals surface area (Å²) >= 11 is 0. The Morgan fingerprint density at radius 2 is 2.07 bits per heavy atom. The van der Waals surface area contributed by atoms with Gasteiger partial charge in [-0.2, -0.15) is 0 Å². The number of nitrogens with zero attached hydrogens (tertiary/aromatic N) is 7. The lowest BCUT2D eigenvalue weighted by atomic mass is 10.1. The van der Waals surface area contributed by atoms with E-state index < -0.39 is 26.7 Å². The number of azide groups is 1. The summed E-state index contributed by atoms with van der Waals surface area (Å²) in [6.07, 6.45) is 2.50. The van der Waals surface area contributed by atoms with Crippen molar-refractivity contribution in [2.24, 2.45) is 5.11 Å². The first kappa shape index (κ1) is 20.5. The Kier molecular flexibility index (Phi) is 5.37. The fourth-order valence-corrected chi connectivity index (χ4v) is 4.47. The van der Waals surface area contributed by atoms with E-state index in [2.05, 4.69) is 58.8 Å². The number of rotatable bonds is 5. The third-order valence-electron chi connectivity index (χ3n) is 5.80. The molecule has 4 atom stereocenters. The van der Waals surface area contributed by atoms with E-state index in [9.17, 15) is 0 Å². The Hall–Kier alpha value is -2.20. The molecule has 2 N–H and O–H groups in total. The van der Waals surface area contributed by atoms with Crippen LogP contribution in [0.5, 0.6) is 0 Å². The minimum absolute atomic E-state index is 0.00758. The molecule has 0 radical (unpaired) electrons. The second-order valence-electron chi connectivity index (χ2n) is 8.59. The molecule has 152 valence electrons. The second-order valence-corrected chi connectivity index (χ2v) is 13.4. The van der Waals surface area contributed by atoms with E-state index in [1.54, 1.807) is 10.9 Å². The highest BCUT2D eigenvalue weighted by atomic mass is 28.4. The lowest BCUT2D eigenvalue weighted by Crippen LogP contribution is -2.48. The van der Waals surface area contributed by atoms with Crippen LogP contribution in [0.3, 0.4) is 0 Å². The van der Waals surface area contributed by atoms with Gasteiger partial charge in [0.05, 0.1) is 18.5 Å². The van der Waals surface area contributed by atoms with E-state index >= 15 is 0 Å². The van der Waals surface area contributed by atoms with Crippen LogP contribution in [0, 0.1) is 0 Å². The molecule has 1 saturated heterocycles. The Balaban J connectivity index is 2.08. The van der Waals surface area contributed by atoms with E-state index in [0.29, 0.717) is 23.4 Å². The van der Waals surface area contributed by atoms with Crippen LogP contribution in [0.4, 0.5) is 5.82 Å². The standard InChI is InChI=1S/C17H28N8O2Si/c1-7-10-11(23-24-19)13(27-28(5,6)17(2,3)4)16(26-10)25-9-22-12-14(18)20-8-21-15(12)25/h8-11,13,16H,7H2,1-6H3,(H2,18,20,21)/t10-,11+,13?,16-/m1/s1. The second kappa shape index (κ2) is 7.32. The Morgan fingerprint density at radius 1 is 1.36 bits per heavy atom. The first-order valence-electron chi connectivity index (χ1n) is 9.41. The Morgan fingerprint density at radius 3 is 2.68 bits per heavy atom. The number of hydrogen-bond donors (Lipinski definition) is 1. The highest BCUT2D eigenvalue weighted by molar-refractivity contribution is 6.74. The zero-order valence-corrected chi connectivity index (χ0v) is 18.2. The van der Waals surface area contributed by atoms with Gasteiger partial charge in [-0.3, -0.25) is 4.57 Å². The largest absolute Gasteiger partial charge is 0.409 e. The molecule has 10 nitrogen and oxygen atoms in total. The fraction of sp³-hybridized carbons (Fsp3) is 0.706. The van der Waals surface area contributed by atoms with Gasteiger partial charge >= 0.3 is 0 Å². The number of anilines is 1. The molecule has 0 spiro atoms. The monoisotopic (exact) mass is 404 g/mol. The lowest BCUT2D eigenvalue weighted by Gasteiger charge is -2.40. The molecule has 0 bridgehead atoms. The molecule has 0 aromatic carbocycles. The van der Waals surface area contributed by atoms with E-state index in [0.717, 1.165) is 0 Å². The van der Waals surface area contributed by atoms with Crippen LogP contribution >= 0.6 is 0 Å². The lowest BCUT2D eigenvalue weighted by molar-refractivity contribution is -0.0321. The van der Waals surface area contributed by atoms with Crippen LogP contribution < -0.4 is 5.73 Å². The molecule has 3 heterocycles. The number of nitrogens with two attached hydrogens (primary N) is 1. The quantitative estimate of drug-likeness (QED) is 0.348. The molecular weight excluding hydrogens is 376 g/mol. The minimum Gasteiger partial charge on any atom is -0.409 e. The summed E-state index contributed by atoms with van der Waals surface area (Å²) in [7, 11) is -2.17. The molecular formula is C17H28N8O2Si. The van der Waals surface area contributed by atoms with Crippen molar-refractivity contribution in [2.45, 2.75) is 76.7 Å². The van der Waals surface area contributed by atoms with Gasteiger partial charge in [0.2, 0.25) is 0 Å². The number of fused-ring (bicyclic) bond motifs is 1. The van der Waals surface area contributed by atoms with Gasteiger partial charge in [-0.15, -0.1) is 0 Å². The summed E-state index contributed by atoms with van der Waals surface area (Å²) in [6.45, 7) is 12.9. The first-order chi connectivity index (χ1) is 13.1. The summed E-state index contributed by atoms with van der Waals surface area (Å²) in [4.78, 5) is 15.7. The molecule has 0 aliphatic carbocycles. The van der Waals surface area contributed by atoms with Crippen molar-refractivity contribution in [1.29, 1.82) is 0 Å². The maximum atomic E-state index is 9.14. The zero-order chi connectivity index (χ0) is 20.7. The normalized spacial score (nSPS) is 25.8. The highest BCUT2D eigenvalue weighted by Crippen LogP contribution is 2.43. The van der Waals surface area contributed by atoms with E-state index in [1.807, 2.05) is 6.92 Å². The fourth-order valence-electron chi connectivity index (χ4n) is 3.18. The van der Waals surface area contributed by atoms with E-state index in [-0.39, 0.29) is 11.1 Å². The summed E-state index contributed by atoms with van der Waals surface area (Å²) in [5.41, 5.74) is 16.2. The van der Waals surface area contributed by atoms with Crippen molar-refractivity contribution in [3.05, 3.63) is 23.1 Å². The average Bonchev–Trinajstić information content (AvgIpc) is 3.17. The maximum Gasteiger partial charge on any atom is 0.192 e. The minimum atomic E-state index is -2.17. The van der Waals surface area contributed by atoms with Gasteiger partial charge in [0, 0.05) is 4.91 Å². The van der Waals surface area contributed by atoms with Crippen molar-refractivity contribution in [2.75, 3.05) is 5.73 Å². The molecule has 1 fully saturated rings. The van der Waals surface area contributed by atoms with Crippen molar-refractivity contribution in [3.63, 3.8) is 0 Å². The smallest absolute Gasteiger partial charge is 0.192 e. The number of nitrogen functional groups attached to an aromatic ring is 1. The maximum absolute atomic E-state index is 9.14. The SMILES string of the molecule is CC[C@H]1O[C@@H](n2cnc3c(N)ncnc32)C(O[Si](C)(C)C(C)(C)C)[C@H]1N=[N+]=[N-]. The number of imidazole rings is 1. The predicted octanol–water partition coefficient (Wildman–Crippen LogP) is 3.79. The molecule has 0 saturated carbocycles. The van der Waals surface area contributed by atoms with Gasteiger partial charge in [0.15, 0.2) is 26.0 Å². The van der Waals surface area contributed by atoms with Gasteiger partial charge in [-0.25, -0.2) is 15.0 Å². The molecule has 0 amide bonds. The van der Waals surface area contributed by atoms with Crippen LogP contribution in [0.1, 0.15) is 40.3 Å². The molecule has 1 aliphatic rings. The van der Waals surface area contributed by atoms with E-state index in [4.69, 9.17) is 20.4 Å². The van der Waals surface area contributed by atoms with Gasteiger partial charge in [0.1, 0.15) is 17.9 Å².